The number of aromatic nitrogens is 5. The highest BCUT2D eigenvalue weighted by Crippen LogP contribution is 2.31. The van der Waals surface area contributed by atoms with Gasteiger partial charge in [0, 0.05) is 23.5 Å². The van der Waals surface area contributed by atoms with Gasteiger partial charge >= 0.3 is 0 Å². The third-order valence-electron chi connectivity index (χ3n) is 4.49. The van der Waals surface area contributed by atoms with Gasteiger partial charge in [0.05, 0.1) is 37.6 Å². The van der Waals surface area contributed by atoms with Gasteiger partial charge in [-0.2, -0.15) is 0 Å². The Labute approximate surface area is 193 Å². The third kappa shape index (κ3) is 4.92. The SMILES string of the molecule is COc1cc(Cl)c(C)cc1NC(=O)CSc1nnc(-c2cnccn2)n1Cc1ccco1. The number of benzene rings is 1. The van der Waals surface area contributed by atoms with E-state index in [9.17, 15) is 4.79 Å². The van der Waals surface area contributed by atoms with E-state index in [-0.39, 0.29) is 11.7 Å². The van der Waals surface area contributed by atoms with E-state index in [1.165, 1.54) is 18.9 Å². The number of carbonyl (C=O) groups is 1. The van der Waals surface area contributed by atoms with Crippen molar-refractivity contribution < 1.29 is 13.9 Å². The van der Waals surface area contributed by atoms with Gasteiger partial charge in [0.2, 0.25) is 5.91 Å². The van der Waals surface area contributed by atoms with Gasteiger partial charge in [-0.15, -0.1) is 10.2 Å². The van der Waals surface area contributed by atoms with Crippen LogP contribution in [-0.4, -0.2) is 43.5 Å². The molecule has 3 heterocycles. The molecule has 1 aromatic carbocycles. The summed E-state index contributed by atoms with van der Waals surface area (Å²) in [6.07, 6.45) is 6.38. The number of anilines is 1. The second-order valence-electron chi connectivity index (χ2n) is 6.70. The highest BCUT2D eigenvalue weighted by Gasteiger charge is 2.18. The Hall–Kier alpha value is -3.37. The zero-order chi connectivity index (χ0) is 22.5. The van der Waals surface area contributed by atoms with Crippen molar-refractivity contribution in [2.45, 2.75) is 18.6 Å². The maximum atomic E-state index is 12.6. The van der Waals surface area contributed by atoms with Gasteiger partial charge in [-0.1, -0.05) is 23.4 Å². The number of rotatable bonds is 8. The van der Waals surface area contributed by atoms with Crippen molar-refractivity contribution in [1.82, 2.24) is 24.7 Å². The van der Waals surface area contributed by atoms with E-state index in [0.717, 1.165) is 11.3 Å². The fourth-order valence-electron chi connectivity index (χ4n) is 2.95. The lowest BCUT2D eigenvalue weighted by atomic mass is 10.2. The van der Waals surface area contributed by atoms with Crippen LogP contribution in [0.2, 0.25) is 5.02 Å². The number of halogens is 1. The summed E-state index contributed by atoms with van der Waals surface area (Å²) in [5.41, 5.74) is 1.96. The molecule has 0 fully saturated rings. The second kappa shape index (κ2) is 9.84. The molecule has 4 rings (SSSR count). The smallest absolute Gasteiger partial charge is 0.234 e. The number of hydrogen-bond acceptors (Lipinski definition) is 8. The van der Waals surface area contributed by atoms with E-state index in [2.05, 4.69) is 25.5 Å². The number of thioether (sulfide) groups is 1. The first-order valence-electron chi connectivity index (χ1n) is 9.54. The van der Waals surface area contributed by atoms with Gasteiger partial charge in [0.1, 0.15) is 17.2 Å². The van der Waals surface area contributed by atoms with E-state index >= 15 is 0 Å². The monoisotopic (exact) mass is 470 g/mol. The normalized spacial score (nSPS) is 10.8. The Balaban J connectivity index is 1.52. The Morgan fingerprint density at radius 2 is 2.19 bits per heavy atom. The molecule has 1 N–H and O–H groups in total. The van der Waals surface area contributed by atoms with Crippen molar-refractivity contribution in [2.75, 3.05) is 18.2 Å². The molecule has 0 aliphatic rings. The van der Waals surface area contributed by atoms with Crippen molar-refractivity contribution in [3.63, 3.8) is 0 Å². The molecule has 164 valence electrons. The van der Waals surface area contributed by atoms with Crippen LogP contribution in [0.5, 0.6) is 5.75 Å². The number of amides is 1. The zero-order valence-electron chi connectivity index (χ0n) is 17.3. The maximum Gasteiger partial charge on any atom is 0.234 e. The molecular formula is C21H19ClN6O3S. The average molecular weight is 471 g/mol. The van der Waals surface area contributed by atoms with Crippen LogP contribution in [0.15, 0.2) is 58.7 Å². The number of nitrogens with zero attached hydrogens (tertiary/aromatic N) is 5. The predicted molar refractivity (Wildman–Crippen MR) is 121 cm³/mol. The minimum Gasteiger partial charge on any atom is -0.495 e. The Kier molecular flexibility index (Phi) is 6.72. The molecule has 0 unspecified atom stereocenters. The molecule has 0 atom stereocenters. The van der Waals surface area contributed by atoms with Crippen LogP contribution in [-0.2, 0) is 11.3 Å². The van der Waals surface area contributed by atoms with Crippen molar-refractivity contribution in [1.29, 1.82) is 0 Å². The fourth-order valence-corrected chi connectivity index (χ4v) is 3.84. The topological polar surface area (TPSA) is 108 Å². The van der Waals surface area contributed by atoms with Crippen LogP contribution in [0.1, 0.15) is 11.3 Å². The molecule has 32 heavy (non-hydrogen) atoms. The average Bonchev–Trinajstić information content (AvgIpc) is 3.46. The van der Waals surface area contributed by atoms with Crippen LogP contribution in [0.3, 0.4) is 0 Å². The quantitative estimate of drug-likeness (QED) is 0.384. The van der Waals surface area contributed by atoms with E-state index in [4.69, 9.17) is 20.8 Å². The molecule has 11 heteroatoms. The lowest BCUT2D eigenvalue weighted by molar-refractivity contribution is -0.113. The molecule has 0 spiro atoms. The number of ether oxygens (including phenoxy) is 1. The van der Waals surface area contributed by atoms with Gasteiger partial charge in [-0.25, -0.2) is 4.98 Å². The third-order valence-corrected chi connectivity index (χ3v) is 5.86. The summed E-state index contributed by atoms with van der Waals surface area (Å²) >= 11 is 7.39. The Morgan fingerprint density at radius 3 is 2.91 bits per heavy atom. The summed E-state index contributed by atoms with van der Waals surface area (Å²) in [4.78, 5) is 21.0. The molecule has 3 aromatic heterocycles. The highest BCUT2D eigenvalue weighted by molar-refractivity contribution is 7.99. The maximum absolute atomic E-state index is 12.6. The predicted octanol–water partition coefficient (Wildman–Crippen LogP) is 4.08. The standard InChI is InChI=1S/C21H19ClN6O3S/c1-13-8-16(18(30-2)9-15(13)22)25-19(29)12-32-21-27-26-20(17-10-23-5-6-24-17)28(21)11-14-4-3-7-31-14/h3-10H,11-12H2,1-2H3,(H,25,29). The second-order valence-corrected chi connectivity index (χ2v) is 8.05. The molecule has 0 bridgehead atoms. The van der Waals surface area contributed by atoms with Crippen molar-refractivity contribution in [3.05, 3.63) is 65.5 Å². The van der Waals surface area contributed by atoms with Gasteiger partial charge in [0.25, 0.3) is 0 Å². The minimum absolute atomic E-state index is 0.113. The van der Waals surface area contributed by atoms with Gasteiger partial charge in [-0.05, 0) is 30.7 Å². The number of aryl methyl sites for hydroxylation is 1. The molecule has 1 amide bonds. The first-order valence-corrected chi connectivity index (χ1v) is 10.9. The van der Waals surface area contributed by atoms with Gasteiger partial charge < -0.3 is 14.5 Å². The summed E-state index contributed by atoms with van der Waals surface area (Å²) in [7, 11) is 1.52. The molecule has 0 saturated carbocycles. The van der Waals surface area contributed by atoms with E-state index in [1.807, 2.05) is 23.6 Å². The first kappa shape index (κ1) is 21.8. The van der Waals surface area contributed by atoms with Crippen LogP contribution in [0, 0.1) is 6.92 Å². The molecule has 0 saturated heterocycles. The molecular weight excluding hydrogens is 452 g/mol. The highest BCUT2D eigenvalue weighted by atomic mass is 35.5. The summed E-state index contributed by atoms with van der Waals surface area (Å²) < 4.78 is 12.6. The molecule has 0 aliphatic carbocycles. The number of methoxy groups -OCH3 is 1. The number of furan rings is 1. The number of carbonyl (C=O) groups excluding carboxylic acids is 1. The van der Waals surface area contributed by atoms with Crippen LogP contribution in [0.25, 0.3) is 11.5 Å². The molecule has 0 aliphatic heterocycles. The number of hydrogen-bond donors (Lipinski definition) is 1. The van der Waals surface area contributed by atoms with Crippen molar-refractivity contribution in [2.24, 2.45) is 0 Å². The van der Waals surface area contributed by atoms with Crippen molar-refractivity contribution >= 4 is 35.0 Å². The fraction of sp³-hybridized carbons (Fsp3) is 0.190. The van der Waals surface area contributed by atoms with Crippen LogP contribution >= 0.6 is 23.4 Å². The zero-order valence-corrected chi connectivity index (χ0v) is 18.9. The number of nitrogens with one attached hydrogen (secondary N) is 1. The van der Waals surface area contributed by atoms with E-state index in [1.54, 1.807) is 37.0 Å². The molecule has 9 nitrogen and oxygen atoms in total. The van der Waals surface area contributed by atoms with E-state index < -0.39 is 0 Å². The Morgan fingerprint density at radius 1 is 1.31 bits per heavy atom. The van der Waals surface area contributed by atoms with Gasteiger partial charge in [0.15, 0.2) is 11.0 Å². The molecule has 0 radical (unpaired) electrons. The summed E-state index contributed by atoms with van der Waals surface area (Å²) in [5.74, 6) is 1.64. The van der Waals surface area contributed by atoms with Crippen molar-refractivity contribution in [3.8, 4) is 17.3 Å². The van der Waals surface area contributed by atoms with E-state index in [0.29, 0.717) is 39.7 Å². The molecule has 4 aromatic rings. The largest absolute Gasteiger partial charge is 0.495 e. The van der Waals surface area contributed by atoms with Crippen LogP contribution < -0.4 is 10.1 Å². The lowest BCUT2D eigenvalue weighted by Crippen LogP contribution is -2.15. The summed E-state index contributed by atoms with van der Waals surface area (Å²) in [6, 6.07) is 7.11. The summed E-state index contributed by atoms with van der Waals surface area (Å²) in [5, 5.41) is 12.5. The first-order chi connectivity index (χ1) is 15.5. The lowest BCUT2D eigenvalue weighted by Gasteiger charge is -2.12. The van der Waals surface area contributed by atoms with Gasteiger partial charge in [-0.3, -0.25) is 14.3 Å². The summed E-state index contributed by atoms with van der Waals surface area (Å²) in [6.45, 7) is 2.25. The van der Waals surface area contributed by atoms with Crippen LogP contribution in [0.4, 0.5) is 5.69 Å². The Bertz CT molecular complexity index is 1210. The minimum atomic E-state index is -0.219.